The number of carbonyl (C=O) groups is 1. The molecular weight excluding hydrogens is 297 g/mol. The van der Waals surface area contributed by atoms with Crippen molar-refractivity contribution in [3.63, 3.8) is 0 Å². The van der Waals surface area contributed by atoms with E-state index in [-0.39, 0.29) is 37.4 Å². The van der Waals surface area contributed by atoms with Crippen molar-refractivity contribution in [1.82, 2.24) is 5.32 Å². The summed E-state index contributed by atoms with van der Waals surface area (Å²) in [4.78, 5) is 10.3. The van der Waals surface area contributed by atoms with Gasteiger partial charge in [-0.2, -0.15) is 0 Å². The Bertz CT molecular complexity index is 243. The first-order chi connectivity index (χ1) is 10.8. The van der Waals surface area contributed by atoms with Gasteiger partial charge in [-0.25, -0.2) is 0 Å². The molecule has 0 radical (unpaired) electrons. The maximum atomic E-state index is 10.3. The summed E-state index contributed by atoms with van der Waals surface area (Å²) in [7, 11) is 0. The molecule has 4 heteroatoms. The molecule has 0 aliphatic carbocycles. The van der Waals surface area contributed by atoms with Crippen molar-refractivity contribution in [3.05, 3.63) is 0 Å². The number of unbranched alkanes of at least 4 members (excludes halogenated alkanes) is 13. The normalized spacial score (nSPS) is 10.5. The van der Waals surface area contributed by atoms with Crippen molar-refractivity contribution in [2.24, 2.45) is 0 Å². The van der Waals surface area contributed by atoms with Crippen LogP contribution in [-0.2, 0) is 4.79 Å². The van der Waals surface area contributed by atoms with E-state index in [0.717, 1.165) is 6.54 Å². The first-order valence-corrected chi connectivity index (χ1v) is 9.70. The maximum Gasteiger partial charge on any atom is 1.00 e. The second-order valence-corrected chi connectivity index (χ2v) is 6.49. The largest absolute Gasteiger partial charge is 1.00 e. The van der Waals surface area contributed by atoms with E-state index in [0.29, 0.717) is 6.54 Å². The Balaban J connectivity index is -0.00000220. The Kier molecular flexibility index (Phi) is 25.0. The molecule has 134 valence electrons. The third kappa shape index (κ3) is 24.8. The second kappa shape index (κ2) is 22.4. The SMILES string of the molecule is CCCCCCCCCCCCCCCCNCCC(=O)O.[H-].[Na+]. The standard InChI is InChI=1S/C19H39NO2.Na.H/c1-2-3-4-5-6-7-8-9-10-11-12-13-14-15-17-20-18-16-19(21)22;;/h20H,2-18H2,1H3,(H,21,22);;/q;+1;-1. The van der Waals surface area contributed by atoms with Crippen molar-refractivity contribution >= 4 is 5.97 Å². The molecule has 0 aromatic carbocycles. The molecule has 0 heterocycles. The van der Waals surface area contributed by atoms with E-state index in [2.05, 4.69) is 12.2 Å². The summed E-state index contributed by atoms with van der Waals surface area (Å²) in [5.74, 6) is -0.714. The van der Waals surface area contributed by atoms with Gasteiger partial charge in [0, 0.05) is 6.54 Å². The van der Waals surface area contributed by atoms with Gasteiger partial charge in [0.15, 0.2) is 0 Å². The van der Waals surface area contributed by atoms with Crippen LogP contribution in [0.5, 0.6) is 0 Å². The van der Waals surface area contributed by atoms with E-state index in [4.69, 9.17) is 5.11 Å². The number of nitrogens with one attached hydrogen (secondary N) is 1. The molecule has 0 fully saturated rings. The molecule has 0 bridgehead atoms. The summed E-state index contributed by atoms with van der Waals surface area (Å²) >= 11 is 0. The second-order valence-electron chi connectivity index (χ2n) is 6.49. The number of carboxylic acid groups (broad SMARTS) is 1. The minimum Gasteiger partial charge on any atom is -1.00 e. The van der Waals surface area contributed by atoms with Crippen LogP contribution in [0.1, 0.15) is 105 Å². The molecule has 0 aromatic rings. The van der Waals surface area contributed by atoms with Crippen LogP contribution in [0.15, 0.2) is 0 Å². The zero-order valence-corrected chi connectivity index (χ0v) is 17.9. The molecule has 0 saturated heterocycles. The zero-order valence-electron chi connectivity index (χ0n) is 16.9. The average Bonchev–Trinajstić information content (AvgIpc) is 2.50. The van der Waals surface area contributed by atoms with Gasteiger partial charge in [-0.1, -0.05) is 90.4 Å². The Hall–Kier alpha value is 0.430. The molecular formula is C19H40NNaO2. The fourth-order valence-electron chi connectivity index (χ4n) is 2.76. The van der Waals surface area contributed by atoms with Crippen LogP contribution in [0.2, 0.25) is 0 Å². The number of hydrogen-bond donors (Lipinski definition) is 2. The van der Waals surface area contributed by atoms with Crippen molar-refractivity contribution in [2.75, 3.05) is 13.1 Å². The van der Waals surface area contributed by atoms with E-state index >= 15 is 0 Å². The number of rotatable bonds is 18. The molecule has 0 saturated carbocycles. The predicted octanol–water partition coefficient (Wildman–Crippen LogP) is 2.65. The summed E-state index contributed by atoms with van der Waals surface area (Å²) in [6.45, 7) is 3.84. The zero-order chi connectivity index (χ0) is 16.3. The number of hydrogen-bond acceptors (Lipinski definition) is 2. The van der Waals surface area contributed by atoms with Crippen molar-refractivity contribution in [1.29, 1.82) is 0 Å². The summed E-state index contributed by atoms with van der Waals surface area (Å²) in [6.07, 6.45) is 19.5. The minimum atomic E-state index is -0.714. The average molecular weight is 338 g/mol. The molecule has 0 atom stereocenters. The van der Waals surface area contributed by atoms with Gasteiger partial charge < -0.3 is 11.8 Å². The van der Waals surface area contributed by atoms with E-state index in [9.17, 15) is 4.79 Å². The molecule has 0 rings (SSSR count). The van der Waals surface area contributed by atoms with Crippen LogP contribution in [-0.4, -0.2) is 24.2 Å². The first-order valence-electron chi connectivity index (χ1n) is 9.70. The Morgan fingerprint density at radius 2 is 1.13 bits per heavy atom. The number of carboxylic acids is 1. The molecule has 0 spiro atoms. The predicted molar refractivity (Wildman–Crippen MR) is 96.5 cm³/mol. The van der Waals surface area contributed by atoms with Crippen molar-refractivity contribution in [3.8, 4) is 0 Å². The van der Waals surface area contributed by atoms with Crippen molar-refractivity contribution < 1.29 is 40.9 Å². The van der Waals surface area contributed by atoms with Crippen LogP contribution in [0.3, 0.4) is 0 Å². The molecule has 0 unspecified atom stereocenters. The molecule has 23 heavy (non-hydrogen) atoms. The van der Waals surface area contributed by atoms with Crippen LogP contribution in [0.4, 0.5) is 0 Å². The van der Waals surface area contributed by atoms with Gasteiger partial charge >= 0.3 is 35.5 Å². The first kappa shape index (κ1) is 25.7. The topological polar surface area (TPSA) is 49.3 Å². The van der Waals surface area contributed by atoms with E-state index in [1.54, 1.807) is 0 Å². The van der Waals surface area contributed by atoms with Crippen LogP contribution < -0.4 is 34.9 Å². The fourth-order valence-corrected chi connectivity index (χ4v) is 2.76. The Labute approximate surface area is 168 Å². The Morgan fingerprint density at radius 1 is 0.739 bits per heavy atom. The maximum absolute atomic E-state index is 10.3. The van der Waals surface area contributed by atoms with Gasteiger partial charge in [0.05, 0.1) is 6.42 Å². The van der Waals surface area contributed by atoms with Gasteiger partial charge in [0.2, 0.25) is 0 Å². The van der Waals surface area contributed by atoms with E-state index < -0.39 is 5.97 Å². The van der Waals surface area contributed by atoms with Gasteiger partial charge in [-0.15, -0.1) is 0 Å². The van der Waals surface area contributed by atoms with Gasteiger partial charge in [-0.05, 0) is 13.0 Å². The summed E-state index contributed by atoms with van der Waals surface area (Å²) in [6, 6.07) is 0. The molecule has 2 N–H and O–H groups in total. The number of aliphatic carboxylic acids is 1. The summed E-state index contributed by atoms with van der Waals surface area (Å²) in [5.41, 5.74) is 0. The summed E-state index contributed by atoms with van der Waals surface area (Å²) in [5, 5.41) is 11.7. The monoisotopic (exact) mass is 337 g/mol. The third-order valence-electron chi connectivity index (χ3n) is 4.22. The molecule has 0 aliphatic heterocycles. The summed E-state index contributed by atoms with van der Waals surface area (Å²) < 4.78 is 0. The quantitative estimate of drug-likeness (QED) is 0.299. The Morgan fingerprint density at radius 3 is 1.52 bits per heavy atom. The van der Waals surface area contributed by atoms with E-state index in [1.807, 2.05) is 0 Å². The third-order valence-corrected chi connectivity index (χ3v) is 4.22. The van der Waals surface area contributed by atoms with Crippen LogP contribution in [0, 0.1) is 0 Å². The minimum absolute atomic E-state index is 0. The molecule has 0 amide bonds. The fraction of sp³-hybridized carbons (Fsp3) is 0.947. The smallest absolute Gasteiger partial charge is 1.00 e. The van der Waals surface area contributed by atoms with Crippen molar-refractivity contribution in [2.45, 2.75) is 103 Å². The van der Waals surface area contributed by atoms with Gasteiger partial charge in [-0.3, -0.25) is 4.79 Å². The molecule has 3 nitrogen and oxygen atoms in total. The van der Waals surface area contributed by atoms with Crippen LogP contribution >= 0.6 is 0 Å². The van der Waals surface area contributed by atoms with Gasteiger partial charge in [0.25, 0.3) is 0 Å². The van der Waals surface area contributed by atoms with Crippen LogP contribution in [0.25, 0.3) is 0 Å². The molecule has 0 aliphatic rings. The van der Waals surface area contributed by atoms with Gasteiger partial charge in [0.1, 0.15) is 0 Å². The molecule has 0 aromatic heterocycles. The van der Waals surface area contributed by atoms with E-state index in [1.165, 1.54) is 89.9 Å².